The Bertz CT molecular complexity index is 913. The van der Waals surface area contributed by atoms with E-state index < -0.39 is 29.4 Å². The molecule has 0 radical (unpaired) electrons. The minimum atomic E-state index is -4.71. The summed E-state index contributed by atoms with van der Waals surface area (Å²) < 4.78 is 54.2. The van der Waals surface area contributed by atoms with Crippen molar-refractivity contribution in [1.82, 2.24) is 15.1 Å². The zero-order valence-corrected chi connectivity index (χ0v) is 16.2. The van der Waals surface area contributed by atoms with Gasteiger partial charge in [0.15, 0.2) is 0 Å². The number of nitrogens with zero attached hydrogens (tertiary/aromatic N) is 4. The van der Waals surface area contributed by atoms with Gasteiger partial charge in [0, 0.05) is 7.05 Å². The summed E-state index contributed by atoms with van der Waals surface area (Å²) in [6.45, 7) is -0.0804. The van der Waals surface area contributed by atoms with E-state index in [1.807, 2.05) is 0 Å². The first-order valence-electron chi connectivity index (χ1n) is 8.04. The number of anilines is 1. The van der Waals surface area contributed by atoms with E-state index >= 15 is 0 Å². The predicted molar refractivity (Wildman–Crippen MR) is 94.2 cm³/mol. The highest BCUT2D eigenvalue weighted by Gasteiger charge is 2.44. The number of carbonyl (C=O) groups excluding carboxylic acids is 2. The average Bonchev–Trinajstić information content (AvgIpc) is 3.26. The third-order valence-electron chi connectivity index (χ3n) is 3.99. The molecule has 9 nitrogen and oxygen atoms in total. The Labute approximate surface area is 166 Å². The molecule has 0 spiro atoms. The summed E-state index contributed by atoms with van der Waals surface area (Å²) >= 11 is 0.175. The van der Waals surface area contributed by atoms with Gasteiger partial charge < -0.3 is 19.1 Å². The Morgan fingerprint density at radius 2 is 1.83 bits per heavy atom. The minimum Gasteiger partial charge on any atom is -0.496 e. The van der Waals surface area contributed by atoms with Crippen molar-refractivity contribution in [1.29, 1.82) is 0 Å². The maximum Gasteiger partial charge on any atom is 0.445 e. The van der Waals surface area contributed by atoms with E-state index in [1.165, 1.54) is 38.3 Å². The van der Waals surface area contributed by atoms with Crippen LogP contribution < -0.4 is 14.4 Å². The largest absolute Gasteiger partial charge is 0.496 e. The molecule has 0 bridgehead atoms. The number of carbonyl (C=O) groups is 2. The van der Waals surface area contributed by atoms with Crippen LogP contribution in [0.5, 0.6) is 11.5 Å². The molecule has 156 valence electrons. The molecule has 1 aromatic carbocycles. The van der Waals surface area contributed by atoms with Gasteiger partial charge in [0.2, 0.25) is 16.4 Å². The van der Waals surface area contributed by atoms with Gasteiger partial charge in [-0.05, 0) is 12.1 Å². The van der Waals surface area contributed by atoms with Crippen molar-refractivity contribution in [3.8, 4) is 11.5 Å². The van der Waals surface area contributed by atoms with Crippen molar-refractivity contribution in [2.24, 2.45) is 0 Å². The molecule has 13 heteroatoms. The van der Waals surface area contributed by atoms with Crippen LogP contribution in [0.15, 0.2) is 18.2 Å². The molecular formula is C16H15F3N4O5S. The molecular weight excluding hydrogens is 417 g/mol. The van der Waals surface area contributed by atoms with E-state index in [0.29, 0.717) is 0 Å². The van der Waals surface area contributed by atoms with Crippen molar-refractivity contribution < 1.29 is 37.0 Å². The van der Waals surface area contributed by atoms with Gasteiger partial charge in [0.05, 0.1) is 20.8 Å². The molecule has 0 aliphatic carbocycles. The molecule has 2 heterocycles. The van der Waals surface area contributed by atoms with Gasteiger partial charge in [-0.15, -0.1) is 10.2 Å². The van der Waals surface area contributed by atoms with Crippen LogP contribution in [0.2, 0.25) is 0 Å². The fourth-order valence-corrected chi connectivity index (χ4v) is 3.40. The smallest absolute Gasteiger partial charge is 0.445 e. The first-order chi connectivity index (χ1) is 13.7. The Morgan fingerprint density at radius 1 is 1.21 bits per heavy atom. The van der Waals surface area contributed by atoms with E-state index in [-0.39, 0.29) is 40.1 Å². The number of likely N-dealkylation sites (N-methyl/N-ethyl adjacent to an activating group) is 1. The highest BCUT2D eigenvalue weighted by molar-refractivity contribution is 7.15. The Kier molecular flexibility index (Phi) is 5.50. The lowest BCUT2D eigenvalue weighted by Gasteiger charge is -2.21. The van der Waals surface area contributed by atoms with E-state index in [0.717, 1.165) is 4.90 Å². The van der Waals surface area contributed by atoms with Crippen LogP contribution in [-0.2, 0) is 10.9 Å². The lowest BCUT2D eigenvalue weighted by atomic mass is 10.2. The summed E-state index contributed by atoms with van der Waals surface area (Å²) in [5.74, 6) is -0.527. The number of hydrogen-bond acceptors (Lipinski definition) is 8. The molecule has 29 heavy (non-hydrogen) atoms. The standard InChI is InChI=1S/C16H15F3N4O5S/c1-22-7-10(23(15(22)25)14-21-20-13(29-14)16(17,18)19)28-12(24)11-8(26-2)5-4-6-9(11)27-3/h4-6,10H,7H2,1-3H3. The number of hydrogen-bond donors (Lipinski definition) is 0. The second-order valence-electron chi connectivity index (χ2n) is 5.82. The highest BCUT2D eigenvalue weighted by Crippen LogP contribution is 2.37. The lowest BCUT2D eigenvalue weighted by Crippen LogP contribution is -2.37. The van der Waals surface area contributed by atoms with Crippen molar-refractivity contribution in [2.75, 3.05) is 32.7 Å². The molecule has 1 unspecified atom stereocenters. The number of benzene rings is 1. The number of ether oxygens (including phenoxy) is 3. The van der Waals surface area contributed by atoms with Crippen LogP contribution in [0.1, 0.15) is 15.4 Å². The minimum absolute atomic E-state index is 0.0207. The molecule has 1 saturated heterocycles. The number of aromatic nitrogens is 2. The second-order valence-corrected chi connectivity index (χ2v) is 6.77. The van der Waals surface area contributed by atoms with E-state index in [1.54, 1.807) is 6.07 Å². The zero-order chi connectivity index (χ0) is 21.3. The number of methoxy groups -OCH3 is 2. The molecule has 0 N–H and O–H groups in total. The van der Waals surface area contributed by atoms with Crippen LogP contribution in [0.4, 0.5) is 23.1 Å². The first-order valence-corrected chi connectivity index (χ1v) is 8.86. The summed E-state index contributed by atoms with van der Waals surface area (Å²) in [7, 11) is 4.12. The Hall–Kier alpha value is -3.09. The maximum absolute atomic E-state index is 12.8. The lowest BCUT2D eigenvalue weighted by molar-refractivity contribution is -0.138. The number of urea groups is 1. The monoisotopic (exact) mass is 432 g/mol. The second kappa shape index (κ2) is 7.73. The Balaban J connectivity index is 1.91. The van der Waals surface area contributed by atoms with Crippen LogP contribution >= 0.6 is 11.3 Å². The van der Waals surface area contributed by atoms with Gasteiger partial charge in [-0.2, -0.15) is 13.2 Å². The Morgan fingerprint density at radius 3 is 2.34 bits per heavy atom. The van der Waals surface area contributed by atoms with Gasteiger partial charge in [-0.1, -0.05) is 17.4 Å². The molecule has 1 aromatic heterocycles. The normalized spacial score (nSPS) is 16.9. The molecule has 1 atom stereocenters. The fraction of sp³-hybridized carbons (Fsp3) is 0.375. The number of amides is 2. The summed E-state index contributed by atoms with van der Waals surface area (Å²) in [5, 5.41) is 4.95. The third-order valence-corrected chi connectivity index (χ3v) is 4.96. The number of alkyl halides is 3. The molecule has 2 amide bonds. The van der Waals surface area contributed by atoms with Gasteiger partial charge >= 0.3 is 18.2 Å². The summed E-state index contributed by atoms with van der Waals surface area (Å²) in [6.07, 6.45) is -5.93. The quantitative estimate of drug-likeness (QED) is 0.671. The van der Waals surface area contributed by atoms with Crippen molar-refractivity contribution in [3.63, 3.8) is 0 Å². The molecule has 1 aliphatic heterocycles. The maximum atomic E-state index is 12.8. The van der Waals surface area contributed by atoms with E-state index in [9.17, 15) is 22.8 Å². The summed E-state index contributed by atoms with van der Waals surface area (Å²) in [5.41, 5.74) is -0.0207. The third kappa shape index (κ3) is 3.90. The highest BCUT2D eigenvalue weighted by atomic mass is 32.1. The van der Waals surface area contributed by atoms with Gasteiger partial charge in [0.1, 0.15) is 17.1 Å². The van der Waals surface area contributed by atoms with Crippen LogP contribution in [0.25, 0.3) is 0 Å². The summed E-state index contributed by atoms with van der Waals surface area (Å²) in [4.78, 5) is 27.2. The molecule has 1 fully saturated rings. The summed E-state index contributed by atoms with van der Waals surface area (Å²) in [6, 6.07) is 3.96. The predicted octanol–water partition coefficient (Wildman–Crippen LogP) is 2.63. The number of esters is 1. The van der Waals surface area contributed by atoms with Crippen LogP contribution in [0.3, 0.4) is 0 Å². The average molecular weight is 432 g/mol. The van der Waals surface area contributed by atoms with Gasteiger partial charge in [-0.25, -0.2) is 14.5 Å². The van der Waals surface area contributed by atoms with E-state index in [2.05, 4.69) is 10.2 Å². The topological polar surface area (TPSA) is 94.1 Å². The molecule has 3 rings (SSSR count). The molecule has 1 aliphatic rings. The fourth-order valence-electron chi connectivity index (χ4n) is 2.66. The van der Waals surface area contributed by atoms with Crippen molar-refractivity contribution in [2.45, 2.75) is 12.4 Å². The van der Waals surface area contributed by atoms with Crippen LogP contribution in [-0.4, -0.2) is 61.1 Å². The first kappa shape index (κ1) is 20.6. The van der Waals surface area contributed by atoms with Crippen molar-refractivity contribution in [3.05, 3.63) is 28.8 Å². The number of halogens is 3. The van der Waals surface area contributed by atoms with Gasteiger partial charge in [0.25, 0.3) is 0 Å². The van der Waals surface area contributed by atoms with Gasteiger partial charge in [-0.3, -0.25) is 0 Å². The number of rotatable bonds is 5. The van der Waals surface area contributed by atoms with E-state index in [4.69, 9.17) is 14.2 Å². The zero-order valence-electron chi connectivity index (χ0n) is 15.4. The molecule has 2 aromatic rings. The SMILES string of the molecule is COc1cccc(OC)c1C(=O)OC1CN(C)C(=O)N1c1nnc(C(F)(F)F)s1. The molecule has 0 saturated carbocycles. The van der Waals surface area contributed by atoms with Crippen molar-refractivity contribution >= 4 is 28.5 Å². The van der Waals surface area contributed by atoms with Crippen LogP contribution in [0, 0.1) is 0 Å².